The molecule has 0 aliphatic carbocycles. The largest absolute Gasteiger partial charge is 0.481 e. The molecule has 0 radical (unpaired) electrons. The predicted molar refractivity (Wildman–Crippen MR) is 55.9 cm³/mol. The van der Waals surface area contributed by atoms with Gasteiger partial charge in [0.2, 0.25) is 5.91 Å². The Hall–Kier alpha value is -1.54. The molecule has 0 saturated carbocycles. The van der Waals surface area contributed by atoms with Crippen LogP contribution < -0.4 is 11.1 Å². The maximum Gasteiger partial charge on any atom is 0.310 e. The summed E-state index contributed by atoms with van der Waals surface area (Å²) in [5, 5.41) is 11.2. The molecule has 0 saturated heterocycles. The molecule has 1 amide bonds. The minimum Gasteiger partial charge on any atom is -0.481 e. The molecule has 0 heterocycles. The molecule has 0 bridgehead atoms. The number of nitrogens with two attached hydrogens (primary N) is 1. The van der Waals surface area contributed by atoms with Crippen LogP contribution in [0, 0.1) is 17.8 Å². The van der Waals surface area contributed by atoms with Crippen molar-refractivity contribution in [1.29, 1.82) is 0 Å². The van der Waals surface area contributed by atoms with Crippen LogP contribution in [-0.4, -0.2) is 29.6 Å². The molecule has 0 aromatic heterocycles. The molecule has 0 aliphatic heterocycles. The van der Waals surface area contributed by atoms with Crippen LogP contribution in [-0.2, 0) is 9.59 Å². The SMILES string of the molecule is C#CCC(N)C(=O)NCC(C)(C)C(=O)O. The Bertz CT molecular complexity index is 292. The van der Waals surface area contributed by atoms with Crippen LogP contribution in [0.15, 0.2) is 0 Å². The third-order valence-corrected chi connectivity index (χ3v) is 1.96. The van der Waals surface area contributed by atoms with Crippen LogP contribution in [0.5, 0.6) is 0 Å². The zero-order valence-corrected chi connectivity index (χ0v) is 8.91. The quantitative estimate of drug-likeness (QED) is 0.539. The summed E-state index contributed by atoms with van der Waals surface area (Å²) >= 11 is 0. The van der Waals surface area contributed by atoms with Gasteiger partial charge < -0.3 is 16.2 Å². The van der Waals surface area contributed by atoms with Crippen LogP contribution in [0.4, 0.5) is 0 Å². The predicted octanol–water partition coefficient (Wildman–Crippen LogP) is -0.436. The molecule has 0 spiro atoms. The van der Waals surface area contributed by atoms with Gasteiger partial charge in [0.1, 0.15) is 0 Å². The molecule has 0 rings (SSSR count). The average molecular weight is 212 g/mol. The van der Waals surface area contributed by atoms with Gasteiger partial charge in [-0.25, -0.2) is 0 Å². The van der Waals surface area contributed by atoms with E-state index in [1.165, 1.54) is 13.8 Å². The number of carbonyl (C=O) groups is 2. The zero-order valence-electron chi connectivity index (χ0n) is 8.91. The Balaban J connectivity index is 4.12. The van der Waals surface area contributed by atoms with Crippen molar-refractivity contribution in [3.8, 4) is 12.3 Å². The molecule has 1 atom stereocenters. The lowest BCUT2D eigenvalue weighted by Gasteiger charge is -2.20. The molecular weight excluding hydrogens is 196 g/mol. The Labute approximate surface area is 89.0 Å². The molecule has 15 heavy (non-hydrogen) atoms. The van der Waals surface area contributed by atoms with Crippen LogP contribution in [0.1, 0.15) is 20.3 Å². The number of aliphatic carboxylic acids is 1. The lowest BCUT2D eigenvalue weighted by atomic mass is 9.94. The van der Waals surface area contributed by atoms with E-state index in [0.29, 0.717) is 0 Å². The van der Waals surface area contributed by atoms with Gasteiger partial charge in [0.05, 0.1) is 11.5 Å². The number of hydrogen-bond donors (Lipinski definition) is 3. The van der Waals surface area contributed by atoms with E-state index in [9.17, 15) is 9.59 Å². The second-order valence-corrected chi connectivity index (χ2v) is 3.92. The van der Waals surface area contributed by atoms with E-state index in [1.807, 2.05) is 0 Å². The normalized spacial score (nSPS) is 12.7. The maximum atomic E-state index is 11.3. The molecule has 0 aromatic carbocycles. The molecule has 5 heteroatoms. The number of carboxylic acids is 1. The minimum absolute atomic E-state index is 0.0272. The highest BCUT2D eigenvalue weighted by molar-refractivity contribution is 5.82. The first-order valence-electron chi connectivity index (χ1n) is 4.51. The van der Waals surface area contributed by atoms with E-state index in [1.54, 1.807) is 0 Å². The number of carboxylic acid groups (broad SMARTS) is 1. The molecule has 84 valence electrons. The van der Waals surface area contributed by atoms with Crippen molar-refractivity contribution in [2.75, 3.05) is 6.54 Å². The summed E-state index contributed by atoms with van der Waals surface area (Å²) in [6, 6.07) is -0.778. The van der Waals surface area contributed by atoms with Gasteiger partial charge in [0.15, 0.2) is 0 Å². The highest BCUT2D eigenvalue weighted by atomic mass is 16.4. The third kappa shape index (κ3) is 4.47. The van der Waals surface area contributed by atoms with Gasteiger partial charge in [-0.3, -0.25) is 9.59 Å². The van der Waals surface area contributed by atoms with Crippen molar-refractivity contribution < 1.29 is 14.7 Å². The van der Waals surface area contributed by atoms with Crippen LogP contribution >= 0.6 is 0 Å². The Morgan fingerprint density at radius 3 is 2.53 bits per heavy atom. The van der Waals surface area contributed by atoms with E-state index in [4.69, 9.17) is 17.3 Å². The van der Waals surface area contributed by atoms with Crippen LogP contribution in [0.2, 0.25) is 0 Å². The number of hydrogen-bond acceptors (Lipinski definition) is 3. The van der Waals surface area contributed by atoms with Gasteiger partial charge in [0.25, 0.3) is 0 Å². The summed E-state index contributed by atoms with van der Waals surface area (Å²) in [7, 11) is 0. The highest BCUT2D eigenvalue weighted by Crippen LogP contribution is 2.12. The number of rotatable bonds is 5. The summed E-state index contributed by atoms with van der Waals surface area (Å²) in [6.45, 7) is 3.06. The molecule has 1 unspecified atom stereocenters. The van der Waals surface area contributed by atoms with Crippen molar-refractivity contribution in [2.45, 2.75) is 26.3 Å². The van der Waals surface area contributed by atoms with Gasteiger partial charge in [-0.2, -0.15) is 0 Å². The first-order valence-corrected chi connectivity index (χ1v) is 4.51. The summed E-state index contributed by atoms with van der Waals surface area (Å²) < 4.78 is 0. The van der Waals surface area contributed by atoms with E-state index < -0.39 is 23.3 Å². The van der Waals surface area contributed by atoms with E-state index in [2.05, 4.69) is 11.2 Å². The van der Waals surface area contributed by atoms with Crippen LogP contribution in [0.3, 0.4) is 0 Å². The first-order chi connectivity index (χ1) is 6.81. The van der Waals surface area contributed by atoms with Crippen LogP contribution in [0.25, 0.3) is 0 Å². The van der Waals surface area contributed by atoms with E-state index in [0.717, 1.165) is 0 Å². The van der Waals surface area contributed by atoms with Gasteiger partial charge in [0, 0.05) is 13.0 Å². The number of terminal acetylenes is 1. The molecule has 0 aromatic rings. The second kappa shape index (κ2) is 5.37. The average Bonchev–Trinajstić information content (AvgIpc) is 2.14. The van der Waals surface area contributed by atoms with Crippen molar-refractivity contribution in [3.05, 3.63) is 0 Å². The van der Waals surface area contributed by atoms with Gasteiger partial charge in [-0.15, -0.1) is 12.3 Å². The second-order valence-electron chi connectivity index (χ2n) is 3.92. The fourth-order valence-electron chi connectivity index (χ4n) is 0.734. The number of amides is 1. The minimum atomic E-state index is -1.01. The van der Waals surface area contributed by atoms with Crippen molar-refractivity contribution >= 4 is 11.9 Å². The zero-order chi connectivity index (χ0) is 12.1. The van der Waals surface area contributed by atoms with Crippen molar-refractivity contribution in [2.24, 2.45) is 11.1 Å². The van der Waals surface area contributed by atoms with E-state index >= 15 is 0 Å². The smallest absolute Gasteiger partial charge is 0.310 e. The fraction of sp³-hybridized carbons (Fsp3) is 0.600. The topological polar surface area (TPSA) is 92.4 Å². The van der Waals surface area contributed by atoms with Crippen molar-refractivity contribution in [3.63, 3.8) is 0 Å². The molecule has 0 fully saturated rings. The Morgan fingerprint density at radius 1 is 1.60 bits per heavy atom. The lowest BCUT2D eigenvalue weighted by molar-refractivity contribution is -0.146. The molecule has 0 aliphatic rings. The summed E-state index contributed by atoms with van der Waals surface area (Å²) in [5.41, 5.74) is 4.42. The standard InChI is InChI=1S/C10H16N2O3/c1-4-5-7(11)8(13)12-6-10(2,3)9(14)15/h1,7H,5-6,11H2,2-3H3,(H,12,13)(H,14,15). The van der Waals surface area contributed by atoms with Crippen molar-refractivity contribution in [1.82, 2.24) is 5.32 Å². The Kier molecular flexibility index (Phi) is 4.82. The van der Waals surface area contributed by atoms with E-state index in [-0.39, 0.29) is 13.0 Å². The molecule has 5 nitrogen and oxygen atoms in total. The summed E-state index contributed by atoms with van der Waals surface area (Å²) in [5.74, 6) is 0.859. The van der Waals surface area contributed by atoms with Gasteiger partial charge in [-0.05, 0) is 13.8 Å². The number of carbonyl (C=O) groups excluding carboxylic acids is 1. The summed E-state index contributed by atoms with van der Waals surface area (Å²) in [6.07, 6.45) is 5.13. The highest BCUT2D eigenvalue weighted by Gasteiger charge is 2.28. The maximum absolute atomic E-state index is 11.3. The lowest BCUT2D eigenvalue weighted by Crippen LogP contribution is -2.45. The first kappa shape index (κ1) is 13.5. The molecular formula is C10H16N2O3. The fourth-order valence-corrected chi connectivity index (χ4v) is 0.734. The monoisotopic (exact) mass is 212 g/mol. The number of nitrogens with one attached hydrogen (secondary N) is 1. The molecule has 4 N–H and O–H groups in total. The third-order valence-electron chi connectivity index (χ3n) is 1.96. The summed E-state index contributed by atoms with van der Waals surface area (Å²) in [4.78, 5) is 22.0. The van der Waals surface area contributed by atoms with Gasteiger partial charge in [-0.1, -0.05) is 0 Å². The Morgan fingerprint density at radius 2 is 2.13 bits per heavy atom. The van der Waals surface area contributed by atoms with Gasteiger partial charge >= 0.3 is 5.97 Å².